The van der Waals surface area contributed by atoms with E-state index in [-0.39, 0.29) is 0 Å². The van der Waals surface area contributed by atoms with Gasteiger partial charge in [-0.2, -0.15) is 0 Å². The zero-order valence-electron chi connectivity index (χ0n) is 26.3. The van der Waals surface area contributed by atoms with E-state index in [1.807, 2.05) is 48.5 Å². The summed E-state index contributed by atoms with van der Waals surface area (Å²) >= 11 is 0. The largest absolute Gasteiger partial charge is 0.456 e. The van der Waals surface area contributed by atoms with Gasteiger partial charge >= 0.3 is 0 Å². The molecule has 2 aromatic heterocycles. The van der Waals surface area contributed by atoms with Crippen molar-refractivity contribution in [3.8, 4) is 45.3 Å². The number of nitrogens with zero attached hydrogens (tertiary/aromatic N) is 3. The molecule has 0 bridgehead atoms. The summed E-state index contributed by atoms with van der Waals surface area (Å²) in [6, 6.07) is 56.9. The second-order valence-electron chi connectivity index (χ2n) is 12.4. The fourth-order valence-corrected chi connectivity index (χ4v) is 7.13. The lowest BCUT2D eigenvalue weighted by Crippen LogP contribution is -2.00. The van der Waals surface area contributed by atoms with Gasteiger partial charge in [-0.15, -0.1) is 0 Å². The minimum Gasteiger partial charge on any atom is -0.456 e. The molecule has 0 aliphatic carbocycles. The number of rotatable bonds is 4. The van der Waals surface area contributed by atoms with E-state index < -0.39 is 0 Å². The van der Waals surface area contributed by atoms with Crippen molar-refractivity contribution in [2.45, 2.75) is 0 Å². The Kier molecular flexibility index (Phi) is 6.15. The van der Waals surface area contributed by atoms with Crippen LogP contribution in [0.25, 0.3) is 99.5 Å². The lowest BCUT2D eigenvalue weighted by Gasteiger charge is -2.11. The van der Waals surface area contributed by atoms with Crippen molar-refractivity contribution < 1.29 is 4.42 Å². The predicted octanol–water partition coefficient (Wildman–Crippen LogP) is 11.9. The highest BCUT2D eigenvalue weighted by Gasteiger charge is 2.18. The van der Waals surface area contributed by atoms with Gasteiger partial charge in [-0.25, -0.2) is 15.0 Å². The Hall–Kier alpha value is -6.65. The molecule has 0 saturated carbocycles. The van der Waals surface area contributed by atoms with Crippen LogP contribution >= 0.6 is 0 Å². The number of furan rings is 1. The highest BCUT2D eigenvalue weighted by Crippen LogP contribution is 2.39. The lowest BCUT2D eigenvalue weighted by atomic mass is 9.96. The molecule has 0 spiro atoms. The van der Waals surface area contributed by atoms with Crippen LogP contribution in [-0.2, 0) is 0 Å². The van der Waals surface area contributed by atoms with E-state index in [4.69, 9.17) is 19.4 Å². The Morgan fingerprint density at radius 2 is 0.939 bits per heavy atom. The Bertz CT molecular complexity index is 2880. The molecule has 228 valence electrons. The number of fused-ring (bicyclic) bond motifs is 8. The molecule has 0 unspecified atom stereocenters. The van der Waals surface area contributed by atoms with Gasteiger partial charge in [0, 0.05) is 27.5 Å². The smallest absolute Gasteiger partial charge is 0.164 e. The van der Waals surface area contributed by atoms with Gasteiger partial charge in [0.25, 0.3) is 0 Å². The Morgan fingerprint density at radius 3 is 1.76 bits per heavy atom. The van der Waals surface area contributed by atoms with Crippen molar-refractivity contribution in [1.82, 2.24) is 15.0 Å². The topological polar surface area (TPSA) is 51.8 Å². The van der Waals surface area contributed by atoms with E-state index in [2.05, 4.69) is 115 Å². The molecular weight excluding hydrogens is 599 g/mol. The lowest BCUT2D eigenvalue weighted by molar-refractivity contribution is 0.669. The van der Waals surface area contributed by atoms with Crippen LogP contribution in [0.1, 0.15) is 0 Å². The number of hydrogen-bond acceptors (Lipinski definition) is 4. The zero-order valence-corrected chi connectivity index (χ0v) is 26.3. The van der Waals surface area contributed by atoms with Crippen LogP contribution < -0.4 is 0 Å². The highest BCUT2D eigenvalue weighted by atomic mass is 16.3. The summed E-state index contributed by atoms with van der Waals surface area (Å²) in [5, 5.41) is 9.35. The standard InChI is InChI=1S/C45H27N3O/c1-3-10-28(11-4-1)31-19-25-38-41(27-31)49-40-17-9-16-39(42(38)40)45-47-43(30-13-5-2-6-14-30)46-44(48-45)33-21-22-35-32(26-33)20-24-36-34-15-8-7-12-29(34)18-23-37(35)36/h1-27H. The third-order valence-corrected chi connectivity index (χ3v) is 9.51. The van der Waals surface area contributed by atoms with E-state index in [9.17, 15) is 0 Å². The summed E-state index contributed by atoms with van der Waals surface area (Å²) in [5.41, 5.74) is 6.66. The van der Waals surface area contributed by atoms with Gasteiger partial charge in [-0.1, -0.05) is 140 Å². The van der Waals surface area contributed by atoms with Crippen LogP contribution in [0.15, 0.2) is 168 Å². The summed E-state index contributed by atoms with van der Waals surface area (Å²) in [4.78, 5) is 15.3. The first-order valence-electron chi connectivity index (χ1n) is 16.4. The van der Waals surface area contributed by atoms with Crippen molar-refractivity contribution in [3.63, 3.8) is 0 Å². The van der Waals surface area contributed by atoms with Gasteiger partial charge in [0.05, 0.1) is 0 Å². The average molecular weight is 626 g/mol. The zero-order chi connectivity index (χ0) is 32.3. The van der Waals surface area contributed by atoms with Crippen molar-refractivity contribution in [2.24, 2.45) is 0 Å². The van der Waals surface area contributed by atoms with Crippen LogP contribution in [0.2, 0.25) is 0 Å². The summed E-state index contributed by atoms with van der Waals surface area (Å²) in [6.07, 6.45) is 0. The van der Waals surface area contributed by atoms with Crippen LogP contribution in [0.3, 0.4) is 0 Å². The molecule has 0 fully saturated rings. The molecule has 0 radical (unpaired) electrons. The Morgan fingerprint density at radius 1 is 0.327 bits per heavy atom. The summed E-state index contributed by atoms with van der Waals surface area (Å²) in [5.74, 6) is 1.86. The molecule has 2 heterocycles. The summed E-state index contributed by atoms with van der Waals surface area (Å²) in [7, 11) is 0. The third kappa shape index (κ3) is 4.57. The van der Waals surface area contributed by atoms with Crippen molar-refractivity contribution >= 4 is 54.3 Å². The van der Waals surface area contributed by atoms with Gasteiger partial charge in [0.1, 0.15) is 11.2 Å². The molecule has 0 aliphatic rings. The van der Waals surface area contributed by atoms with Gasteiger partial charge in [0.15, 0.2) is 17.5 Å². The van der Waals surface area contributed by atoms with Crippen molar-refractivity contribution in [1.29, 1.82) is 0 Å². The van der Waals surface area contributed by atoms with Gasteiger partial charge in [0.2, 0.25) is 0 Å². The average Bonchev–Trinajstić information content (AvgIpc) is 3.56. The van der Waals surface area contributed by atoms with Crippen molar-refractivity contribution in [3.05, 3.63) is 164 Å². The molecular formula is C45H27N3O. The van der Waals surface area contributed by atoms with E-state index in [1.165, 1.54) is 26.9 Å². The molecule has 0 atom stereocenters. The van der Waals surface area contributed by atoms with E-state index >= 15 is 0 Å². The van der Waals surface area contributed by atoms with Gasteiger partial charge in [-0.3, -0.25) is 0 Å². The maximum Gasteiger partial charge on any atom is 0.164 e. The predicted molar refractivity (Wildman–Crippen MR) is 201 cm³/mol. The van der Waals surface area contributed by atoms with Crippen LogP contribution in [0, 0.1) is 0 Å². The Labute approximate surface area is 282 Å². The second kappa shape index (κ2) is 11.0. The fourth-order valence-electron chi connectivity index (χ4n) is 7.13. The molecule has 49 heavy (non-hydrogen) atoms. The SMILES string of the molecule is c1ccc(-c2ccc3c(c2)oc2cccc(-c4nc(-c5ccccc5)nc(-c5ccc6c(ccc7c8ccccc8ccc67)c5)n4)c23)cc1. The molecule has 10 rings (SSSR count). The van der Waals surface area contributed by atoms with Crippen LogP contribution in [0.5, 0.6) is 0 Å². The highest BCUT2D eigenvalue weighted by molar-refractivity contribution is 6.17. The van der Waals surface area contributed by atoms with Crippen molar-refractivity contribution in [2.75, 3.05) is 0 Å². The quantitative estimate of drug-likeness (QED) is 0.183. The van der Waals surface area contributed by atoms with Crippen LogP contribution in [-0.4, -0.2) is 15.0 Å². The van der Waals surface area contributed by atoms with E-state index in [1.54, 1.807) is 0 Å². The molecule has 4 heteroatoms. The van der Waals surface area contributed by atoms with E-state index in [0.717, 1.165) is 55.1 Å². The molecule has 0 amide bonds. The van der Waals surface area contributed by atoms with Crippen LogP contribution in [0.4, 0.5) is 0 Å². The van der Waals surface area contributed by atoms with Gasteiger partial charge in [-0.05, 0) is 67.7 Å². The molecule has 0 aliphatic heterocycles. The minimum absolute atomic E-state index is 0.606. The third-order valence-electron chi connectivity index (χ3n) is 9.51. The molecule has 0 saturated heterocycles. The summed E-state index contributed by atoms with van der Waals surface area (Å²) < 4.78 is 6.45. The monoisotopic (exact) mass is 625 g/mol. The second-order valence-corrected chi connectivity index (χ2v) is 12.4. The normalized spacial score (nSPS) is 11.7. The first-order valence-corrected chi connectivity index (χ1v) is 16.4. The maximum atomic E-state index is 6.45. The fraction of sp³-hybridized carbons (Fsp3) is 0. The molecule has 8 aromatic carbocycles. The first-order chi connectivity index (χ1) is 24.3. The first kappa shape index (κ1) is 27.5. The van der Waals surface area contributed by atoms with E-state index in [0.29, 0.717) is 17.5 Å². The maximum absolute atomic E-state index is 6.45. The molecule has 10 aromatic rings. The minimum atomic E-state index is 0.606. The Balaban J connectivity index is 1.16. The number of hydrogen-bond donors (Lipinski definition) is 0. The van der Waals surface area contributed by atoms with Gasteiger partial charge < -0.3 is 4.42 Å². The number of aromatic nitrogens is 3. The summed E-state index contributed by atoms with van der Waals surface area (Å²) in [6.45, 7) is 0. The number of benzene rings is 8. The molecule has 4 nitrogen and oxygen atoms in total. The molecule has 0 N–H and O–H groups in total.